The quantitative estimate of drug-likeness (QED) is 0.887. The zero-order valence-corrected chi connectivity index (χ0v) is 12.2. The van der Waals surface area contributed by atoms with Gasteiger partial charge in [0.1, 0.15) is 16.4 Å². The number of carboxylic acid groups (broad SMARTS) is 1. The first-order valence-electron chi connectivity index (χ1n) is 5.91. The summed E-state index contributed by atoms with van der Waals surface area (Å²) in [5, 5.41) is 11.9. The number of aromatic carboxylic acids is 1. The number of carbonyl (C=O) groups is 2. The van der Waals surface area contributed by atoms with Crippen molar-refractivity contribution in [3.05, 3.63) is 40.8 Å². The molecular formula is C14H13NO5S. The number of hydrogen-bond acceptors (Lipinski definition) is 5. The van der Waals surface area contributed by atoms with E-state index in [1.54, 1.807) is 24.3 Å². The fourth-order valence-corrected chi connectivity index (χ4v) is 2.43. The van der Waals surface area contributed by atoms with E-state index in [0.717, 1.165) is 11.3 Å². The van der Waals surface area contributed by atoms with Crippen LogP contribution in [0.15, 0.2) is 30.3 Å². The third-order valence-corrected chi connectivity index (χ3v) is 3.69. The molecule has 2 N–H and O–H groups in total. The minimum absolute atomic E-state index is 0.155. The largest absolute Gasteiger partial charge is 0.497 e. The third-order valence-electron chi connectivity index (χ3n) is 2.70. The standard InChI is InChI=1S/C14H13NO5S/c1-19-8-3-4-10(20-2)9(7-8)13(16)15-12-6-5-11(21-12)14(17)18/h3-7H,1-2H3,(H,15,16)(H,17,18). The summed E-state index contributed by atoms with van der Waals surface area (Å²) in [5.41, 5.74) is 0.308. The van der Waals surface area contributed by atoms with E-state index < -0.39 is 11.9 Å². The van der Waals surface area contributed by atoms with E-state index in [1.165, 1.54) is 20.3 Å². The molecule has 1 heterocycles. The molecule has 1 aromatic carbocycles. The maximum Gasteiger partial charge on any atom is 0.345 e. The number of ether oxygens (including phenoxy) is 2. The van der Waals surface area contributed by atoms with Crippen LogP contribution in [-0.4, -0.2) is 31.2 Å². The van der Waals surface area contributed by atoms with Gasteiger partial charge in [-0.05, 0) is 30.3 Å². The lowest BCUT2D eigenvalue weighted by Gasteiger charge is -2.10. The van der Waals surface area contributed by atoms with Crippen LogP contribution in [0.25, 0.3) is 0 Å². The zero-order valence-electron chi connectivity index (χ0n) is 11.4. The fourth-order valence-electron chi connectivity index (χ4n) is 1.69. The van der Waals surface area contributed by atoms with Crippen LogP contribution in [0.1, 0.15) is 20.0 Å². The number of nitrogens with one attached hydrogen (secondary N) is 1. The molecule has 0 aliphatic carbocycles. The van der Waals surface area contributed by atoms with Gasteiger partial charge >= 0.3 is 5.97 Å². The summed E-state index contributed by atoms with van der Waals surface area (Å²) in [5.74, 6) is -0.495. The second kappa shape index (κ2) is 6.27. The molecule has 0 unspecified atom stereocenters. The minimum Gasteiger partial charge on any atom is -0.497 e. The first-order valence-corrected chi connectivity index (χ1v) is 6.73. The van der Waals surface area contributed by atoms with Crippen molar-refractivity contribution >= 4 is 28.2 Å². The number of carboxylic acids is 1. The van der Waals surface area contributed by atoms with E-state index in [1.807, 2.05) is 0 Å². The number of thiophene rings is 1. The summed E-state index contributed by atoms with van der Waals surface area (Å²) in [6, 6.07) is 7.85. The van der Waals surface area contributed by atoms with Crippen molar-refractivity contribution in [2.24, 2.45) is 0 Å². The van der Waals surface area contributed by atoms with Crippen LogP contribution < -0.4 is 14.8 Å². The van der Waals surface area contributed by atoms with Gasteiger partial charge in [-0.1, -0.05) is 0 Å². The van der Waals surface area contributed by atoms with Crippen molar-refractivity contribution < 1.29 is 24.2 Å². The van der Waals surface area contributed by atoms with E-state index in [0.29, 0.717) is 22.1 Å². The van der Waals surface area contributed by atoms with E-state index >= 15 is 0 Å². The summed E-state index contributed by atoms with van der Waals surface area (Å²) in [6.07, 6.45) is 0. The van der Waals surface area contributed by atoms with Crippen molar-refractivity contribution in [1.82, 2.24) is 0 Å². The number of hydrogen-bond donors (Lipinski definition) is 2. The molecule has 21 heavy (non-hydrogen) atoms. The Bertz CT molecular complexity index is 680. The highest BCUT2D eigenvalue weighted by Gasteiger charge is 2.15. The van der Waals surface area contributed by atoms with Gasteiger partial charge in [0.25, 0.3) is 5.91 Å². The molecule has 2 aromatic rings. The number of rotatable bonds is 5. The summed E-state index contributed by atoms with van der Waals surface area (Å²) in [6.45, 7) is 0. The molecule has 110 valence electrons. The van der Waals surface area contributed by atoms with Crippen molar-refractivity contribution in [2.75, 3.05) is 19.5 Å². The highest BCUT2D eigenvalue weighted by atomic mass is 32.1. The lowest BCUT2D eigenvalue weighted by molar-refractivity contribution is 0.0702. The Morgan fingerprint density at radius 1 is 1.14 bits per heavy atom. The monoisotopic (exact) mass is 307 g/mol. The second-order valence-electron chi connectivity index (χ2n) is 3.99. The van der Waals surface area contributed by atoms with Crippen LogP contribution >= 0.6 is 11.3 Å². The molecule has 0 bridgehead atoms. The van der Waals surface area contributed by atoms with E-state index in [9.17, 15) is 9.59 Å². The highest BCUT2D eigenvalue weighted by molar-refractivity contribution is 7.18. The summed E-state index contributed by atoms with van der Waals surface area (Å²) in [7, 11) is 2.97. The smallest absolute Gasteiger partial charge is 0.345 e. The van der Waals surface area contributed by atoms with Gasteiger partial charge in [0, 0.05) is 0 Å². The summed E-state index contributed by atoms with van der Waals surface area (Å²) < 4.78 is 10.2. The van der Waals surface area contributed by atoms with Crippen molar-refractivity contribution in [3.63, 3.8) is 0 Å². The molecule has 1 amide bonds. The highest BCUT2D eigenvalue weighted by Crippen LogP contribution is 2.27. The molecule has 7 heteroatoms. The van der Waals surface area contributed by atoms with Gasteiger partial charge in [-0.2, -0.15) is 0 Å². The molecule has 0 saturated carbocycles. The maximum atomic E-state index is 12.3. The van der Waals surface area contributed by atoms with Crippen LogP contribution in [0.5, 0.6) is 11.5 Å². The van der Waals surface area contributed by atoms with Crippen molar-refractivity contribution in [2.45, 2.75) is 0 Å². The molecule has 0 radical (unpaired) electrons. The van der Waals surface area contributed by atoms with Crippen LogP contribution in [0.3, 0.4) is 0 Å². The van der Waals surface area contributed by atoms with Crippen molar-refractivity contribution in [1.29, 1.82) is 0 Å². The molecule has 2 rings (SSSR count). The summed E-state index contributed by atoms with van der Waals surface area (Å²) in [4.78, 5) is 23.2. The second-order valence-corrected chi connectivity index (χ2v) is 5.07. The van der Waals surface area contributed by atoms with Gasteiger partial charge < -0.3 is 19.9 Å². The Balaban J connectivity index is 2.24. The maximum absolute atomic E-state index is 12.3. The molecule has 0 atom stereocenters. The third kappa shape index (κ3) is 3.32. The average molecular weight is 307 g/mol. The first kappa shape index (κ1) is 14.9. The molecular weight excluding hydrogens is 294 g/mol. The van der Waals surface area contributed by atoms with Gasteiger partial charge in [0.2, 0.25) is 0 Å². The SMILES string of the molecule is COc1ccc(OC)c(C(=O)Nc2ccc(C(=O)O)s2)c1. The number of amides is 1. The predicted molar refractivity (Wildman–Crippen MR) is 78.8 cm³/mol. The molecule has 0 aliphatic heterocycles. The molecule has 1 aromatic heterocycles. The summed E-state index contributed by atoms with van der Waals surface area (Å²) >= 11 is 0.984. The van der Waals surface area contributed by atoms with Crippen LogP contribution in [0, 0.1) is 0 Å². The topological polar surface area (TPSA) is 84.9 Å². The van der Waals surface area contributed by atoms with E-state index in [-0.39, 0.29) is 4.88 Å². The Kier molecular flexibility index (Phi) is 4.44. The van der Waals surface area contributed by atoms with E-state index in [4.69, 9.17) is 14.6 Å². The van der Waals surface area contributed by atoms with Gasteiger partial charge in [-0.25, -0.2) is 4.79 Å². The first-order chi connectivity index (χ1) is 10.0. The number of methoxy groups -OCH3 is 2. The van der Waals surface area contributed by atoms with Crippen LogP contribution in [0.4, 0.5) is 5.00 Å². The number of carbonyl (C=O) groups excluding carboxylic acids is 1. The normalized spacial score (nSPS) is 10.0. The Morgan fingerprint density at radius 3 is 2.48 bits per heavy atom. The van der Waals surface area contributed by atoms with Gasteiger partial charge in [0.15, 0.2) is 0 Å². The van der Waals surface area contributed by atoms with Gasteiger partial charge in [-0.3, -0.25) is 4.79 Å². The average Bonchev–Trinajstić information content (AvgIpc) is 2.95. The van der Waals surface area contributed by atoms with Crippen LogP contribution in [0.2, 0.25) is 0 Å². The van der Waals surface area contributed by atoms with Crippen molar-refractivity contribution in [3.8, 4) is 11.5 Å². The molecule has 6 nitrogen and oxygen atoms in total. The number of anilines is 1. The van der Waals surface area contributed by atoms with Gasteiger partial charge in [-0.15, -0.1) is 11.3 Å². The fraction of sp³-hybridized carbons (Fsp3) is 0.143. The Morgan fingerprint density at radius 2 is 1.90 bits per heavy atom. The molecule has 0 aliphatic rings. The Hall–Kier alpha value is -2.54. The lowest BCUT2D eigenvalue weighted by atomic mass is 10.1. The predicted octanol–water partition coefficient (Wildman–Crippen LogP) is 2.72. The molecule has 0 fully saturated rings. The number of benzene rings is 1. The lowest BCUT2D eigenvalue weighted by Crippen LogP contribution is -2.12. The Labute approximate surface area is 124 Å². The minimum atomic E-state index is -1.03. The van der Waals surface area contributed by atoms with E-state index in [2.05, 4.69) is 5.32 Å². The zero-order chi connectivity index (χ0) is 15.4. The van der Waals surface area contributed by atoms with Crippen LogP contribution in [-0.2, 0) is 0 Å². The van der Waals surface area contributed by atoms with Gasteiger partial charge in [0.05, 0.1) is 24.8 Å². The molecule has 0 spiro atoms. The molecule has 0 saturated heterocycles.